The Morgan fingerprint density at radius 3 is 2.51 bits per heavy atom. The van der Waals surface area contributed by atoms with Gasteiger partial charge in [0, 0.05) is 99.6 Å². The van der Waals surface area contributed by atoms with E-state index in [1.54, 1.807) is 17.2 Å². The third-order valence-corrected chi connectivity index (χ3v) is 11.4. The third-order valence-electron chi connectivity index (χ3n) is 11.4. The zero-order valence-corrected chi connectivity index (χ0v) is 32.6. The molecule has 0 bridgehead atoms. The minimum Gasteiger partial charge on any atom is -0.475 e. The molecule has 19 heteroatoms. The van der Waals surface area contributed by atoms with E-state index < -0.39 is 36.8 Å². The zero-order chi connectivity index (χ0) is 41.3. The lowest BCUT2D eigenvalue weighted by Crippen LogP contribution is -2.52. The number of ether oxygens (including phenoxy) is 3. The summed E-state index contributed by atoms with van der Waals surface area (Å²) in [5.74, 6) is -0.437. The number of hydrogen-bond donors (Lipinski definition) is 2. The molecule has 3 aromatic rings. The number of piperidine rings is 1. The second kappa shape index (κ2) is 17.0. The van der Waals surface area contributed by atoms with Gasteiger partial charge >= 0.3 is 12.2 Å². The van der Waals surface area contributed by atoms with Crippen LogP contribution in [0.1, 0.15) is 34.5 Å². The molecule has 2 N–H and O–H groups in total. The largest absolute Gasteiger partial charge is 0.475 e. The number of piperazine rings is 1. The fourth-order valence-electron chi connectivity index (χ4n) is 8.12. The molecule has 4 fully saturated rings. The van der Waals surface area contributed by atoms with Gasteiger partial charge in [-0.15, -0.1) is 0 Å². The number of nitrogens with one attached hydrogen (secondary N) is 2. The Balaban J connectivity index is 0.880. The van der Waals surface area contributed by atoms with Crippen LogP contribution in [0.15, 0.2) is 42.7 Å². The van der Waals surface area contributed by atoms with Crippen LogP contribution in [0.3, 0.4) is 0 Å². The predicted octanol–water partition coefficient (Wildman–Crippen LogP) is 3.05. The van der Waals surface area contributed by atoms with Gasteiger partial charge in [-0.25, -0.2) is 9.78 Å². The van der Waals surface area contributed by atoms with Crippen molar-refractivity contribution in [1.82, 2.24) is 30.0 Å². The van der Waals surface area contributed by atoms with E-state index in [0.717, 1.165) is 53.6 Å². The van der Waals surface area contributed by atoms with Gasteiger partial charge in [0.1, 0.15) is 18.3 Å². The monoisotopic (exact) mass is 821 g/mol. The summed E-state index contributed by atoms with van der Waals surface area (Å²) in [5, 5.41) is 5.04. The Hall–Kier alpha value is -5.53. The second-order valence-electron chi connectivity index (χ2n) is 15.2. The molecule has 4 saturated heterocycles. The normalized spacial score (nSPS) is 21.7. The van der Waals surface area contributed by atoms with Crippen molar-refractivity contribution in [2.45, 2.75) is 44.6 Å². The average Bonchev–Trinajstić information content (AvgIpc) is 3.56. The summed E-state index contributed by atoms with van der Waals surface area (Å²) in [5.41, 5.74) is 5.73. The highest BCUT2D eigenvalue weighted by Gasteiger charge is 2.44. The Morgan fingerprint density at radius 2 is 1.75 bits per heavy atom. The number of fused-ring (bicyclic) bond motifs is 1. The summed E-state index contributed by atoms with van der Waals surface area (Å²) in [6.45, 7) is 8.01. The molecule has 0 radical (unpaired) electrons. The lowest BCUT2D eigenvalue weighted by molar-refractivity contribution is -0.233. The van der Waals surface area contributed by atoms with Crippen LogP contribution in [0.5, 0.6) is 5.88 Å². The number of alkyl halides is 3. The van der Waals surface area contributed by atoms with Crippen molar-refractivity contribution in [2.24, 2.45) is 0 Å². The van der Waals surface area contributed by atoms with Crippen LogP contribution in [0, 0.1) is 6.92 Å². The first-order valence-corrected chi connectivity index (χ1v) is 19.8. The Kier molecular flexibility index (Phi) is 11.6. The van der Waals surface area contributed by atoms with Crippen molar-refractivity contribution in [3.05, 3.63) is 59.5 Å². The fourth-order valence-corrected chi connectivity index (χ4v) is 8.12. The Labute approximate surface area is 338 Å². The molecule has 2 atom stereocenters. The standard InChI is InChI=1S/C40H46F3N9O7/c1-25-31(20-28(22-44-25)46-39(56)51-13-17-58-34(24-51)40(41,42)43)26-19-33(50-11-14-57-15-12-50)37(45-21-26)59-16-10-48-6-8-49(9-7-48)29-2-3-30-27(18-29)23-52(38(30)55)32-4-5-35(53)47-36(32)54/h2-3,18-22,32,34H,4-17,23-24H2,1H3,(H,46,56)(H,47,53,54). The number of rotatable bonds is 9. The first-order chi connectivity index (χ1) is 28.4. The Morgan fingerprint density at radius 1 is 0.949 bits per heavy atom. The minimum absolute atomic E-state index is 0.0321. The van der Waals surface area contributed by atoms with Crippen molar-refractivity contribution < 1.29 is 46.6 Å². The number of imide groups is 1. The molecule has 2 unspecified atom stereocenters. The summed E-state index contributed by atoms with van der Waals surface area (Å²) in [6.07, 6.45) is -2.91. The van der Waals surface area contributed by atoms with Gasteiger partial charge in [0.15, 0.2) is 6.10 Å². The van der Waals surface area contributed by atoms with Gasteiger partial charge in [0.2, 0.25) is 17.7 Å². The highest BCUT2D eigenvalue weighted by atomic mass is 19.4. The van der Waals surface area contributed by atoms with Gasteiger partial charge in [-0.3, -0.25) is 29.6 Å². The summed E-state index contributed by atoms with van der Waals surface area (Å²) in [6, 6.07) is 8.22. The summed E-state index contributed by atoms with van der Waals surface area (Å²) >= 11 is 0. The number of morpholine rings is 2. The van der Waals surface area contributed by atoms with Gasteiger partial charge in [0.05, 0.1) is 38.2 Å². The molecule has 0 spiro atoms. The van der Waals surface area contributed by atoms with E-state index >= 15 is 0 Å². The topological polar surface area (TPSA) is 162 Å². The molecule has 5 aliphatic heterocycles. The number of carbonyl (C=O) groups excluding carboxylic acids is 4. The van der Waals surface area contributed by atoms with Crippen molar-refractivity contribution in [1.29, 1.82) is 0 Å². The lowest BCUT2D eigenvalue weighted by atomic mass is 10.0. The van der Waals surface area contributed by atoms with Crippen LogP contribution >= 0.6 is 0 Å². The molecule has 8 rings (SSSR count). The maximum atomic E-state index is 13.3. The SMILES string of the molecule is Cc1ncc(NC(=O)N2CCOC(C(F)(F)F)C2)cc1-c1cnc(OCCN2CCN(c3ccc4c(c3)CN(C3CCC(=O)NC3=O)C4=O)CC2)c(N2CCOCC2)c1. The van der Waals surface area contributed by atoms with Crippen LogP contribution in [0.4, 0.5) is 35.0 Å². The van der Waals surface area contributed by atoms with E-state index in [2.05, 4.69) is 30.3 Å². The molecule has 1 aromatic carbocycles. The van der Waals surface area contributed by atoms with Crippen molar-refractivity contribution in [3.63, 3.8) is 0 Å². The van der Waals surface area contributed by atoms with Gasteiger partial charge in [-0.2, -0.15) is 13.2 Å². The van der Waals surface area contributed by atoms with E-state index in [1.807, 2.05) is 31.2 Å². The number of anilines is 3. The smallest absolute Gasteiger partial charge is 0.416 e. The zero-order valence-electron chi connectivity index (χ0n) is 32.6. The molecule has 7 heterocycles. The number of aryl methyl sites for hydroxylation is 1. The fraction of sp³-hybridized carbons (Fsp3) is 0.500. The van der Waals surface area contributed by atoms with Crippen molar-refractivity contribution in [3.8, 4) is 17.0 Å². The molecular formula is C40H46F3N9O7. The second-order valence-corrected chi connectivity index (χ2v) is 15.2. The number of aromatic nitrogens is 2. The van der Waals surface area contributed by atoms with Gasteiger partial charge < -0.3 is 39.1 Å². The third kappa shape index (κ3) is 8.91. The van der Waals surface area contributed by atoms with Gasteiger partial charge in [-0.05, 0) is 49.2 Å². The van der Waals surface area contributed by atoms with E-state index in [4.69, 9.17) is 19.2 Å². The molecule has 0 saturated carbocycles. The number of hydrogen-bond acceptors (Lipinski definition) is 12. The summed E-state index contributed by atoms with van der Waals surface area (Å²) in [4.78, 5) is 68.9. The molecule has 314 valence electrons. The molecule has 16 nitrogen and oxygen atoms in total. The van der Waals surface area contributed by atoms with Crippen LogP contribution in [0.25, 0.3) is 11.1 Å². The number of amides is 5. The lowest BCUT2D eigenvalue weighted by Gasteiger charge is -2.36. The number of pyridine rings is 2. The number of urea groups is 1. The average molecular weight is 822 g/mol. The number of carbonyl (C=O) groups is 4. The van der Waals surface area contributed by atoms with Crippen LogP contribution in [-0.2, 0) is 25.6 Å². The molecule has 59 heavy (non-hydrogen) atoms. The van der Waals surface area contributed by atoms with E-state index in [-0.39, 0.29) is 31.4 Å². The van der Waals surface area contributed by atoms with Crippen molar-refractivity contribution >= 4 is 40.8 Å². The van der Waals surface area contributed by atoms with E-state index in [0.29, 0.717) is 80.8 Å². The predicted molar refractivity (Wildman–Crippen MR) is 208 cm³/mol. The van der Waals surface area contributed by atoms with E-state index in [1.165, 1.54) is 6.20 Å². The molecular weight excluding hydrogens is 775 g/mol. The number of nitrogens with zero attached hydrogens (tertiary/aromatic N) is 7. The Bertz CT molecular complexity index is 2090. The first kappa shape index (κ1) is 40.3. The summed E-state index contributed by atoms with van der Waals surface area (Å²) < 4.78 is 56.6. The van der Waals surface area contributed by atoms with Crippen LogP contribution in [-0.4, -0.2) is 152 Å². The number of benzene rings is 1. The molecule has 0 aliphatic carbocycles. The molecule has 2 aromatic heterocycles. The maximum absolute atomic E-state index is 13.3. The van der Waals surface area contributed by atoms with E-state index in [9.17, 15) is 32.3 Å². The van der Waals surface area contributed by atoms with Gasteiger partial charge in [0.25, 0.3) is 5.91 Å². The minimum atomic E-state index is -4.57. The van der Waals surface area contributed by atoms with Crippen LogP contribution in [0.2, 0.25) is 0 Å². The van der Waals surface area contributed by atoms with Crippen LogP contribution < -0.4 is 25.2 Å². The highest BCUT2D eigenvalue weighted by molar-refractivity contribution is 6.05. The maximum Gasteiger partial charge on any atom is 0.416 e. The van der Waals surface area contributed by atoms with Crippen molar-refractivity contribution in [2.75, 3.05) is 100 Å². The van der Waals surface area contributed by atoms with Gasteiger partial charge in [-0.1, -0.05) is 0 Å². The quantitative estimate of drug-likeness (QED) is 0.304. The first-order valence-electron chi connectivity index (χ1n) is 19.8. The highest BCUT2D eigenvalue weighted by Crippen LogP contribution is 2.35. The molecule has 5 aliphatic rings. The molecule has 5 amide bonds. The summed E-state index contributed by atoms with van der Waals surface area (Å²) in [7, 11) is 0. The number of halogens is 3.